The lowest BCUT2D eigenvalue weighted by Gasteiger charge is -2.27. The lowest BCUT2D eigenvalue weighted by Crippen LogP contribution is -2.49. The molecule has 0 unspecified atom stereocenters. The fraction of sp³-hybridized carbons (Fsp3) is 0.688. The molecule has 0 radical (unpaired) electrons. The number of aromatic nitrogens is 1. The average Bonchev–Trinajstić information content (AvgIpc) is 3.06. The molecule has 2 N–H and O–H groups in total. The molecule has 1 aromatic rings. The van der Waals surface area contributed by atoms with E-state index in [1.807, 2.05) is 0 Å². The maximum absolute atomic E-state index is 12.8. The van der Waals surface area contributed by atoms with Gasteiger partial charge < -0.3 is 10.6 Å². The molecule has 0 saturated heterocycles. The molecule has 1 aromatic heterocycles. The second-order valence-electron chi connectivity index (χ2n) is 6.55. The molecule has 0 aliphatic rings. The zero-order valence-corrected chi connectivity index (χ0v) is 20.7. The van der Waals surface area contributed by atoms with Crippen molar-refractivity contribution in [2.75, 3.05) is 0 Å². The minimum absolute atomic E-state index is 0.0789. The van der Waals surface area contributed by atoms with Crippen LogP contribution >= 0.6 is 80.9 Å². The molecule has 0 saturated carbocycles. The number of rotatable bonds is 8. The zero-order chi connectivity index (χ0) is 21.7. The first-order valence-electron chi connectivity index (χ1n) is 8.34. The van der Waals surface area contributed by atoms with Gasteiger partial charge in [-0.15, -0.1) is 11.3 Å². The summed E-state index contributed by atoms with van der Waals surface area (Å²) in [6.45, 7) is 5.09. The number of halogens is 6. The minimum Gasteiger partial charge on any atom is -0.345 e. The van der Waals surface area contributed by atoms with Gasteiger partial charge in [-0.2, -0.15) is 0 Å². The Morgan fingerprint density at radius 1 is 1.04 bits per heavy atom. The lowest BCUT2D eigenvalue weighted by atomic mass is 10.0. The largest absolute Gasteiger partial charge is 0.345 e. The summed E-state index contributed by atoms with van der Waals surface area (Å²) in [5.41, 5.74) is 0. The third kappa shape index (κ3) is 8.99. The Labute approximate surface area is 198 Å². The summed E-state index contributed by atoms with van der Waals surface area (Å²) in [5, 5.41) is 8.01. The van der Waals surface area contributed by atoms with Crippen molar-refractivity contribution >= 4 is 92.8 Å². The molecule has 5 nitrogen and oxygen atoms in total. The highest BCUT2D eigenvalue weighted by Gasteiger charge is 2.35. The summed E-state index contributed by atoms with van der Waals surface area (Å²) in [7, 11) is 0. The summed E-state index contributed by atoms with van der Waals surface area (Å²) in [6.07, 6.45) is 1.68. The number of hydrogen-bond donors (Lipinski definition) is 2. The van der Waals surface area contributed by atoms with Crippen LogP contribution in [-0.2, 0) is 9.59 Å². The molecule has 12 heteroatoms. The Kier molecular flexibility index (Phi) is 10.4. The highest BCUT2D eigenvalue weighted by Crippen LogP contribution is 2.38. The molecule has 1 rings (SSSR count). The van der Waals surface area contributed by atoms with Crippen molar-refractivity contribution in [2.24, 2.45) is 11.8 Å². The number of thiazole rings is 1. The maximum Gasteiger partial charge on any atom is 0.243 e. The van der Waals surface area contributed by atoms with E-state index in [1.54, 1.807) is 32.3 Å². The van der Waals surface area contributed by atoms with Crippen LogP contribution in [0.4, 0.5) is 0 Å². The van der Waals surface area contributed by atoms with E-state index in [0.717, 1.165) is 5.01 Å². The van der Waals surface area contributed by atoms with E-state index in [2.05, 4.69) is 15.6 Å². The van der Waals surface area contributed by atoms with Gasteiger partial charge in [-0.1, -0.05) is 83.5 Å². The fourth-order valence-corrected chi connectivity index (χ4v) is 3.33. The summed E-state index contributed by atoms with van der Waals surface area (Å²) < 4.78 is -3.19. The second kappa shape index (κ2) is 11.1. The SMILES string of the molecule is C[C@@H](NC(=O)[C@H](C[C@H](C)C(Cl)(Cl)Cl)NC(=O)C[C@H](C)C(Cl)(Cl)Cl)c1nccs1. The van der Waals surface area contributed by atoms with E-state index < -0.39 is 37.3 Å². The van der Waals surface area contributed by atoms with Crippen LogP contribution in [0.3, 0.4) is 0 Å². The first-order valence-corrected chi connectivity index (χ1v) is 11.5. The Hall–Kier alpha value is 0.310. The van der Waals surface area contributed by atoms with Crippen LogP contribution in [0.1, 0.15) is 44.7 Å². The molecule has 2 amide bonds. The summed E-state index contributed by atoms with van der Waals surface area (Å²) in [5.74, 6) is -1.92. The molecule has 0 bridgehead atoms. The monoisotopic (exact) mass is 529 g/mol. The average molecular weight is 532 g/mol. The summed E-state index contributed by atoms with van der Waals surface area (Å²) >= 11 is 36.6. The molecular formula is C16H21Cl6N3O2S. The van der Waals surface area contributed by atoms with Crippen molar-refractivity contribution in [2.45, 2.75) is 53.3 Å². The van der Waals surface area contributed by atoms with Gasteiger partial charge in [0, 0.05) is 29.8 Å². The Morgan fingerprint density at radius 2 is 1.61 bits per heavy atom. The molecule has 1 heterocycles. The quantitative estimate of drug-likeness (QED) is 0.429. The topological polar surface area (TPSA) is 71.1 Å². The molecule has 0 aromatic carbocycles. The van der Waals surface area contributed by atoms with E-state index in [-0.39, 0.29) is 18.9 Å². The van der Waals surface area contributed by atoms with Crippen LogP contribution in [-0.4, -0.2) is 30.4 Å². The predicted octanol–water partition coefficient (Wildman–Crippen LogP) is 5.60. The molecule has 0 fully saturated rings. The minimum atomic E-state index is -1.60. The van der Waals surface area contributed by atoms with Crippen LogP contribution in [0.25, 0.3) is 0 Å². The van der Waals surface area contributed by atoms with Gasteiger partial charge in [-0.05, 0) is 13.3 Å². The highest BCUT2D eigenvalue weighted by atomic mass is 35.6. The first kappa shape index (κ1) is 26.3. The molecule has 0 spiro atoms. The van der Waals surface area contributed by atoms with E-state index >= 15 is 0 Å². The van der Waals surface area contributed by atoms with Gasteiger partial charge in [0.15, 0.2) is 7.59 Å². The molecule has 0 aliphatic heterocycles. The third-order valence-corrected chi connectivity index (χ3v) is 7.22. The molecule has 160 valence electrons. The number of nitrogens with one attached hydrogen (secondary N) is 2. The van der Waals surface area contributed by atoms with Crippen LogP contribution < -0.4 is 10.6 Å². The zero-order valence-electron chi connectivity index (χ0n) is 15.3. The Balaban J connectivity index is 2.86. The van der Waals surface area contributed by atoms with Crippen LogP contribution in [0.15, 0.2) is 11.6 Å². The van der Waals surface area contributed by atoms with Crippen molar-refractivity contribution < 1.29 is 9.59 Å². The van der Waals surface area contributed by atoms with Crippen molar-refractivity contribution in [3.63, 3.8) is 0 Å². The van der Waals surface area contributed by atoms with E-state index in [9.17, 15) is 9.59 Å². The number of carbonyl (C=O) groups excluding carboxylic acids is 2. The van der Waals surface area contributed by atoms with Gasteiger partial charge in [-0.3, -0.25) is 9.59 Å². The second-order valence-corrected chi connectivity index (χ2v) is 12.2. The van der Waals surface area contributed by atoms with Gasteiger partial charge in [0.25, 0.3) is 0 Å². The predicted molar refractivity (Wildman–Crippen MR) is 119 cm³/mol. The van der Waals surface area contributed by atoms with Gasteiger partial charge >= 0.3 is 0 Å². The molecule has 0 aliphatic carbocycles. The van der Waals surface area contributed by atoms with Gasteiger partial charge in [0.05, 0.1) is 6.04 Å². The number of nitrogens with zero attached hydrogens (tertiary/aromatic N) is 1. The highest BCUT2D eigenvalue weighted by molar-refractivity contribution is 7.09. The van der Waals surface area contributed by atoms with Crippen molar-refractivity contribution in [1.82, 2.24) is 15.6 Å². The molecule has 4 atom stereocenters. The van der Waals surface area contributed by atoms with Crippen molar-refractivity contribution in [3.8, 4) is 0 Å². The van der Waals surface area contributed by atoms with Gasteiger partial charge in [-0.25, -0.2) is 4.98 Å². The van der Waals surface area contributed by atoms with Gasteiger partial charge in [0.2, 0.25) is 11.8 Å². The third-order valence-electron chi connectivity index (χ3n) is 4.03. The molecule has 28 heavy (non-hydrogen) atoms. The lowest BCUT2D eigenvalue weighted by molar-refractivity contribution is -0.130. The standard InChI is InChI=1S/C16H21Cl6N3O2S/c1-8(15(17,18)19)6-11(25-12(26)7-9(2)16(20,21)22)13(27)24-10(3)14-23-4-5-28-14/h4-5,8-11H,6-7H2,1-3H3,(H,24,27)(H,25,26)/t8-,9-,10+,11-/m0/s1. The molecular weight excluding hydrogens is 511 g/mol. The summed E-state index contributed by atoms with van der Waals surface area (Å²) in [4.78, 5) is 29.3. The van der Waals surface area contributed by atoms with Crippen LogP contribution in [0.2, 0.25) is 0 Å². The van der Waals surface area contributed by atoms with Crippen LogP contribution in [0.5, 0.6) is 0 Å². The number of hydrogen-bond acceptors (Lipinski definition) is 4. The number of alkyl halides is 6. The van der Waals surface area contributed by atoms with Crippen LogP contribution in [0, 0.1) is 11.8 Å². The summed E-state index contributed by atoms with van der Waals surface area (Å²) in [6, 6.07) is -1.27. The Morgan fingerprint density at radius 3 is 2.07 bits per heavy atom. The number of amides is 2. The Bertz CT molecular complexity index is 648. The first-order chi connectivity index (χ1) is 12.7. The van der Waals surface area contributed by atoms with Crippen molar-refractivity contribution in [3.05, 3.63) is 16.6 Å². The smallest absolute Gasteiger partial charge is 0.243 e. The van der Waals surface area contributed by atoms with Gasteiger partial charge in [0.1, 0.15) is 11.0 Å². The normalized spacial score (nSPS) is 16.8. The van der Waals surface area contributed by atoms with E-state index in [0.29, 0.717) is 0 Å². The van der Waals surface area contributed by atoms with E-state index in [1.165, 1.54) is 11.3 Å². The van der Waals surface area contributed by atoms with Crippen molar-refractivity contribution in [1.29, 1.82) is 0 Å². The fourth-order valence-electron chi connectivity index (χ4n) is 2.19. The maximum atomic E-state index is 12.8. The number of carbonyl (C=O) groups is 2. The van der Waals surface area contributed by atoms with E-state index in [4.69, 9.17) is 69.6 Å².